The van der Waals surface area contributed by atoms with Gasteiger partial charge in [0.2, 0.25) is 0 Å². The molecule has 1 aliphatic rings. The molecule has 0 aromatic rings. The average Bonchev–Trinajstić information content (AvgIpc) is 2.04. The quantitative estimate of drug-likeness (QED) is 0.614. The first-order valence-corrected chi connectivity index (χ1v) is 5.27. The van der Waals surface area contributed by atoms with E-state index in [1.54, 1.807) is 0 Å². The van der Waals surface area contributed by atoms with Crippen LogP contribution in [0.3, 0.4) is 0 Å². The van der Waals surface area contributed by atoms with Gasteiger partial charge in [-0.3, -0.25) is 0 Å². The number of hydrogen-bond acceptors (Lipinski definition) is 1. The number of hydrogen-bond donors (Lipinski definition) is 0. The minimum absolute atomic E-state index is 0.853. The van der Waals surface area contributed by atoms with Gasteiger partial charge in [-0.25, -0.2) is 0 Å². The number of nitrogens with zero attached hydrogens (tertiary/aromatic N) is 1. The van der Waals surface area contributed by atoms with Crippen molar-refractivity contribution in [1.29, 1.82) is 0 Å². The maximum atomic E-state index is 2.40. The lowest BCUT2D eigenvalue weighted by Crippen LogP contribution is -2.34. The Labute approximate surface area is 77.1 Å². The van der Waals surface area contributed by atoms with Crippen LogP contribution in [0.25, 0.3) is 0 Å². The van der Waals surface area contributed by atoms with Crippen molar-refractivity contribution in [2.45, 2.75) is 45.6 Å². The van der Waals surface area contributed by atoms with E-state index in [2.05, 4.69) is 32.8 Å². The van der Waals surface area contributed by atoms with Gasteiger partial charge in [-0.15, -0.1) is 0 Å². The molecule has 1 nitrogen and oxygen atoms in total. The molecule has 1 rings (SSSR count). The zero-order chi connectivity index (χ0) is 9.14. The van der Waals surface area contributed by atoms with Gasteiger partial charge in [-0.05, 0) is 38.8 Å². The lowest BCUT2D eigenvalue weighted by Gasteiger charge is -2.35. The van der Waals surface area contributed by atoms with Gasteiger partial charge in [-0.2, -0.15) is 0 Å². The van der Waals surface area contributed by atoms with Gasteiger partial charge in [0.15, 0.2) is 0 Å². The third-order valence-corrected chi connectivity index (χ3v) is 3.36. The van der Waals surface area contributed by atoms with Crippen LogP contribution in [0.4, 0.5) is 0 Å². The van der Waals surface area contributed by atoms with E-state index in [1.165, 1.54) is 25.7 Å². The van der Waals surface area contributed by atoms with Gasteiger partial charge in [0, 0.05) is 6.04 Å². The average molecular weight is 169 g/mol. The van der Waals surface area contributed by atoms with Crippen molar-refractivity contribution < 1.29 is 0 Å². The molecule has 0 N–H and O–H groups in total. The molecule has 0 spiro atoms. The fourth-order valence-corrected chi connectivity index (χ4v) is 2.28. The Balaban J connectivity index is 2.40. The van der Waals surface area contributed by atoms with Crippen LogP contribution in [0.2, 0.25) is 0 Å². The van der Waals surface area contributed by atoms with Crippen molar-refractivity contribution in [2.24, 2.45) is 11.8 Å². The summed E-state index contributed by atoms with van der Waals surface area (Å²) in [7, 11) is 4.43. The zero-order valence-electron chi connectivity index (χ0n) is 9.01. The first-order valence-electron chi connectivity index (χ1n) is 5.27. The largest absolute Gasteiger partial charge is 0.306 e. The Morgan fingerprint density at radius 2 is 1.83 bits per heavy atom. The van der Waals surface area contributed by atoms with E-state index in [0.29, 0.717) is 0 Å². The Kier molecular flexibility index (Phi) is 3.57. The Morgan fingerprint density at radius 1 is 1.17 bits per heavy atom. The highest BCUT2D eigenvalue weighted by molar-refractivity contribution is 4.78. The van der Waals surface area contributed by atoms with Crippen LogP contribution in [0.5, 0.6) is 0 Å². The minimum Gasteiger partial charge on any atom is -0.306 e. The van der Waals surface area contributed by atoms with Crippen molar-refractivity contribution in [1.82, 2.24) is 4.90 Å². The first-order chi connectivity index (χ1) is 5.61. The molecule has 0 aromatic heterocycles. The third-order valence-electron chi connectivity index (χ3n) is 3.36. The molecule has 12 heavy (non-hydrogen) atoms. The maximum absolute atomic E-state index is 2.40. The van der Waals surface area contributed by atoms with Crippen molar-refractivity contribution in [3.05, 3.63) is 0 Å². The Morgan fingerprint density at radius 3 is 2.33 bits per heavy atom. The second-order valence-corrected chi connectivity index (χ2v) is 4.79. The van der Waals surface area contributed by atoms with Gasteiger partial charge in [-0.1, -0.05) is 26.7 Å². The first kappa shape index (κ1) is 10.0. The van der Waals surface area contributed by atoms with Crippen LogP contribution in [-0.4, -0.2) is 25.0 Å². The molecular weight excluding hydrogens is 146 g/mol. The molecule has 0 amide bonds. The number of rotatable bonds is 2. The van der Waals surface area contributed by atoms with Crippen LogP contribution < -0.4 is 0 Å². The van der Waals surface area contributed by atoms with Crippen molar-refractivity contribution in [3.63, 3.8) is 0 Å². The van der Waals surface area contributed by atoms with Crippen LogP contribution in [-0.2, 0) is 0 Å². The molecule has 1 fully saturated rings. The predicted molar refractivity (Wildman–Crippen MR) is 54.3 cm³/mol. The normalized spacial score (nSPS) is 31.5. The minimum atomic E-state index is 0.853. The van der Waals surface area contributed by atoms with Crippen LogP contribution >= 0.6 is 0 Å². The summed E-state index contributed by atoms with van der Waals surface area (Å²) < 4.78 is 0. The summed E-state index contributed by atoms with van der Waals surface area (Å²) in [4.78, 5) is 2.40. The van der Waals surface area contributed by atoms with E-state index in [4.69, 9.17) is 0 Å². The highest BCUT2D eigenvalue weighted by Crippen LogP contribution is 2.31. The molecule has 0 unspecified atom stereocenters. The molecule has 0 heterocycles. The highest BCUT2D eigenvalue weighted by atomic mass is 15.1. The lowest BCUT2D eigenvalue weighted by atomic mass is 9.79. The van der Waals surface area contributed by atoms with Crippen LogP contribution in [0.1, 0.15) is 39.5 Å². The summed E-state index contributed by atoms with van der Waals surface area (Å²) >= 11 is 0. The lowest BCUT2D eigenvalue weighted by molar-refractivity contribution is 0.159. The molecule has 0 radical (unpaired) electrons. The maximum Gasteiger partial charge on any atom is 0.00919 e. The van der Waals surface area contributed by atoms with E-state index in [9.17, 15) is 0 Å². The molecule has 72 valence electrons. The Hall–Kier alpha value is -0.0400. The van der Waals surface area contributed by atoms with Gasteiger partial charge >= 0.3 is 0 Å². The van der Waals surface area contributed by atoms with E-state index in [-0.39, 0.29) is 0 Å². The Bertz CT molecular complexity index is 115. The summed E-state index contributed by atoms with van der Waals surface area (Å²) in [5, 5.41) is 0. The van der Waals surface area contributed by atoms with Gasteiger partial charge in [0.05, 0.1) is 0 Å². The van der Waals surface area contributed by atoms with Gasteiger partial charge in [0.25, 0.3) is 0 Å². The van der Waals surface area contributed by atoms with E-state index in [0.717, 1.165) is 17.9 Å². The zero-order valence-corrected chi connectivity index (χ0v) is 9.01. The molecule has 1 heteroatoms. The fraction of sp³-hybridized carbons (Fsp3) is 1.00. The standard InChI is InChI=1S/C11H23N/c1-9(2)10-6-5-7-11(8-10)12(3)4/h9-11H,5-8H2,1-4H3/t10-,11+/m1/s1. The monoisotopic (exact) mass is 169 g/mol. The van der Waals surface area contributed by atoms with E-state index in [1.807, 2.05) is 0 Å². The van der Waals surface area contributed by atoms with Crippen LogP contribution in [0.15, 0.2) is 0 Å². The summed E-state index contributed by atoms with van der Waals surface area (Å²) in [6.07, 6.45) is 5.73. The smallest absolute Gasteiger partial charge is 0.00919 e. The molecule has 1 aliphatic carbocycles. The second-order valence-electron chi connectivity index (χ2n) is 4.79. The molecule has 0 aliphatic heterocycles. The topological polar surface area (TPSA) is 3.24 Å². The summed E-state index contributed by atoms with van der Waals surface area (Å²) in [6, 6.07) is 0.853. The fourth-order valence-electron chi connectivity index (χ4n) is 2.28. The van der Waals surface area contributed by atoms with Gasteiger partial charge < -0.3 is 4.90 Å². The molecule has 2 atom stereocenters. The van der Waals surface area contributed by atoms with Gasteiger partial charge in [0.1, 0.15) is 0 Å². The van der Waals surface area contributed by atoms with Crippen LogP contribution in [0, 0.1) is 11.8 Å². The van der Waals surface area contributed by atoms with E-state index < -0.39 is 0 Å². The second kappa shape index (κ2) is 4.27. The SMILES string of the molecule is CC(C)[C@@H]1CCC[C@H](N(C)C)C1. The highest BCUT2D eigenvalue weighted by Gasteiger charge is 2.24. The molecule has 0 saturated heterocycles. The predicted octanol–water partition coefficient (Wildman–Crippen LogP) is 2.76. The van der Waals surface area contributed by atoms with Crippen molar-refractivity contribution in [2.75, 3.05) is 14.1 Å². The molecule has 0 bridgehead atoms. The summed E-state index contributed by atoms with van der Waals surface area (Å²) in [5.74, 6) is 1.86. The molecular formula is C11H23N. The molecule has 0 aromatic carbocycles. The van der Waals surface area contributed by atoms with Crippen molar-refractivity contribution in [3.8, 4) is 0 Å². The molecule has 1 saturated carbocycles. The third kappa shape index (κ3) is 2.48. The summed E-state index contributed by atoms with van der Waals surface area (Å²) in [6.45, 7) is 4.73. The summed E-state index contributed by atoms with van der Waals surface area (Å²) in [5.41, 5.74) is 0. The van der Waals surface area contributed by atoms with Crippen molar-refractivity contribution >= 4 is 0 Å². The van der Waals surface area contributed by atoms with E-state index >= 15 is 0 Å².